The van der Waals surface area contributed by atoms with Crippen molar-refractivity contribution in [3.8, 4) is 0 Å². The van der Waals surface area contributed by atoms with Gasteiger partial charge in [-0.1, -0.05) is 0 Å². The minimum atomic E-state index is 0.256. The van der Waals surface area contributed by atoms with Crippen LogP contribution in [0.3, 0.4) is 0 Å². The van der Waals surface area contributed by atoms with Crippen molar-refractivity contribution in [1.82, 2.24) is 4.90 Å². The predicted molar refractivity (Wildman–Crippen MR) is 49.4 cm³/mol. The van der Waals surface area contributed by atoms with Crippen LogP contribution < -0.4 is 0 Å². The SMILES string of the molecule is O=C(C1CCOCC1)N1CCCC1. The lowest BCUT2D eigenvalue weighted by Crippen LogP contribution is -2.36. The molecule has 0 unspecified atom stereocenters. The summed E-state index contributed by atoms with van der Waals surface area (Å²) < 4.78 is 5.24. The number of carbonyl (C=O) groups excluding carboxylic acids is 1. The molecular weight excluding hydrogens is 166 g/mol. The lowest BCUT2D eigenvalue weighted by molar-refractivity contribution is -0.137. The van der Waals surface area contributed by atoms with E-state index in [4.69, 9.17) is 4.74 Å². The molecule has 2 fully saturated rings. The Balaban J connectivity index is 1.87. The molecule has 0 aliphatic carbocycles. The van der Waals surface area contributed by atoms with Crippen molar-refractivity contribution in [2.24, 2.45) is 5.92 Å². The summed E-state index contributed by atoms with van der Waals surface area (Å²) in [4.78, 5) is 13.9. The van der Waals surface area contributed by atoms with Gasteiger partial charge in [0.15, 0.2) is 0 Å². The normalized spacial score (nSPS) is 25.1. The van der Waals surface area contributed by atoms with Gasteiger partial charge in [0, 0.05) is 32.2 Å². The molecule has 0 N–H and O–H groups in total. The monoisotopic (exact) mass is 183 g/mol. The van der Waals surface area contributed by atoms with Crippen molar-refractivity contribution in [3.05, 3.63) is 0 Å². The summed E-state index contributed by atoms with van der Waals surface area (Å²) in [5, 5.41) is 0. The Hall–Kier alpha value is -0.570. The van der Waals surface area contributed by atoms with Crippen molar-refractivity contribution in [2.75, 3.05) is 26.3 Å². The maximum atomic E-state index is 11.9. The molecule has 0 aromatic heterocycles. The van der Waals surface area contributed by atoms with E-state index in [1.807, 2.05) is 4.90 Å². The van der Waals surface area contributed by atoms with Crippen LogP contribution in [-0.4, -0.2) is 37.1 Å². The Morgan fingerprint density at radius 3 is 2.38 bits per heavy atom. The summed E-state index contributed by atoms with van der Waals surface area (Å²) in [6, 6.07) is 0. The van der Waals surface area contributed by atoms with Crippen LogP contribution in [0.4, 0.5) is 0 Å². The number of hydrogen-bond donors (Lipinski definition) is 0. The number of nitrogens with zero attached hydrogens (tertiary/aromatic N) is 1. The Bertz CT molecular complexity index is 181. The van der Waals surface area contributed by atoms with Gasteiger partial charge in [-0.3, -0.25) is 4.79 Å². The van der Waals surface area contributed by atoms with E-state index in [9.17, 15) is 4.79 Å². The third-order valence-corrected chi connectivity index (χ3v) is 2.99. The van der Waals surface area contributed by atoms with Gasteiger partial charge < -0.3 is 9.64 Å². The van der Waals surface area contributed by atoms with Gasteiger partial charge in [0.05, 0.1) is 0 Å². The van der Waals surface area contributed by atoms with Crippen molar-refractivity contribution >= 4 is 5.91 Å². The van der Waals surface area contributed by atoms with E-state index >= 15 is 0 Å². The molecule has 0 radical (unpaired) electrons. The molecule has 3 heteroatoms. The van der Waals surface area contributed by atoms with E-state index < -0.39 is 0 Å². The summed E-state index contributed by atoms with van der Waals surface area (Å²) in [5.74, 6) is 0.632. The van der Waals surface area contributed by atoms with Crippen LogP contribution in [0.15, 0.2) is 0 Å². The van der Waals surface area contributed by atoms with Crippen LogP contribution in [0.25, 0.3) is 0 Å². The molecule has 0 atom stereocenters. The van der Waals surface area contributed by atoms with Crippen LogP contribution >= 0.6 is 0 Å². The summed E-state index contributed by atoms with van der Waals surface area (Å²) >= 11 is 0. The third kappa shape index (κ3) is 2.02. The average Bonchev–Trinajstić information content (AvgIpc) is 2.71. The highest BCUT2D eigenvalue weighted by atomic mass is 16.5. The molecule has 2 rings (SSSR count). The first-order chi connectivity index (χ1) is 6.38. The lowest BCUT2D eigenvalue weighted by atomic mass is 9.99. The minimum absolute atomic E-state index is 0.256. The summed E-state index contributed by atoms with van der Waals surface area (Å²) in [6.45, 7) is 3.50. The van der Waals surface area contributed by atoms with Gasteiger partial charge in [-0.05, 0) is 25.7 Å². The first-order valence-electron chi connectivity index (χ1n) is 5.24. The van der Waals surface area contributed by atoms with Crippen LogP contribution in [-0.2, 0) is 9.53 Å². The zero-order valence-corrected chi connectivity index (χ0v) is 8.00. The Morgan fingerprint density at radius 2 is 1.77 bits per heavy atom. The topological polar surface area (TPSA) is 29.5 Å². The lowest BCUT2D eigenvalue weighted by Gasteiger charge is -2.25. The average molecular weight is 183 g/mol. The van der Waals surface area contributed by atoms with Gasteiger partial charge in [-0.25, -0.2) is 0 Å². The van der Waals surface area contributed by atoms with Gasteiger partial charge in [-0.15, -0.1) is 0 Å². The highest BCUT2D eigenvalue weighted by Gasteiger charge is 2.27. The van der Waals surface area contributed by atoms with Crippen LogP contribution in [0, 0.1) is 5.92 Å². The smallest absolute Gasteiger partial charge is 0.225 e. The first-order valence-corrected chi connectivity index (χ1v) is 5.24. The maximum Gasteiger partial charge on any atom is 0.225 e. The standard InChI is InChI=1S/C10H17NO2/c12-10(11-5-1-2-6-11)9-3-7-13-8-4-9/h9H,1-8H2. The molecule has 2 aliphatic rings. The molecule has 1 amide bonds. The predicted octanol–water partition coefficient (Wildman–Crippen LogP) is 1.04. The third-order valence-electron chi connectivity index (χ3n) is 2.99. The number of carbonyl (C=O) groups is 1. The fourth-order valence-electron chi connectivity index (χ4n) is 2.14. The van der Waals surface area contributed by atoms with E-state index in [1.165, 1.54) is 12.8 Å². The second-order valence-electron chi connectivity index (χ2n) is 3.92. The maximum absolute atomic E-state index is 11.9. The van der Waals surface area contributed by atoms with Gasteiger partial charge >= 0.3 is 0 Å². The second kappa shape index (κ2) is 4.09. The molecule has 0 saturated carbocycles. The Kier molecular flexibility index (Phi) is 2.83. The molecule has 13 heavy (non-hydrogen) atoms. The van der Waals surface area contributed by atoms with Crippen LogP contribution in [0.1, 0.15) is 25.7 Å². The first kappa shape index (κ1) is 9.00. The van der Waals surface area contributed by atoms with E-state index in [-0.39, 0.29) is 5.92 Å². The largest absolute Gasteiger partial charge is 0.381 e. The van der Waals surface area contributed by atoms with E-state index in [0.29, 0.717) is 5.91 Å². The molecule has 0 aromatic carbocycles. The zero-order valence-electron chi connectivity index (χ0n) is 8.00. The molecule has 0 bridgehead atoms. The minimum Gasteiger partial charge on any atom is -0.381 e. The van der Waals surface area contributed by atoms with E-state index in [1.54, 1.807) is 0 Å². The van der Waals surface area contributed by atoms with Crippen molar-refractivity contribution in [3.63, 3.8) is 0 Å². The summed E-state index contributed by atoms with van der Waals surface area (Å²) in [7, 11) is 0. The van der Waals surface area contributed by atoms with E-state index in [0.717, 1.165) is 39.1 Å². The second-order valence-corrected chi connectivity index (χ2v) is 3.92. The van der Waals surface area contributed by atoms with E-state index in [2.05, 4.69) is 0 Å². The molecule has 0 aromatic rings. The number of rotatable bonds is 1. The highest BCUT2D eigenvalue weighted by molar-refractivity contribution is 5.79. The van der Waals surface area contributed by atoms with Gasteiger partial charge in [0.1, 0.15) is 0 Å². The Morgan fingerprint density at radius 1 is 1.15 bits per heavy atom. The molecule has 0 spiro atoms. The molecule has 3 nitrogen and oxygen atoms in total. The number of ether oxygens (including phenoxy) is 1. The van der Waals surface area contributed by atoms with Crippen LogP contribution in [0.5, 0.6) is 0 Å². The quantitative estimate of drug-likeness (QED) is 0.608. The van der Waals surface area contributed by atoms with Gasteiger partial charge in [0.25, 0.3) is 0 Å². The van der Waals surface area contributed by atoms with Crippen molar-refractivity contribution < 1.29 is 9.53 Å². The molecule has 2 heterocycles. The molecule has 74 valence electrons. The number of amides is 1. The number of hydrogen-bond acceptors (Lipinski definition) is 2. The molecular formula is C10H17NO2. The van der Waals surface area contributed by atoms with Crippen molar-refractivity contribution in [2.45, 2.75) is 25.7 Å². The summed E-state index contributed by atoms with van der Waals surface area (Å²) in [6.07, 6.45) is 4.23. The zero-order chi connectivity index (χ0) is 9.10. The van der Waals surface area contributed by atoms with Crippen LogP contribution in [0.2, 0.25) is 0 Å². The Labute approximate surface area is 79.0 Å². The highest BCUT2D eigenvalue weighted by Crippen LogP contribution is 2.20. The summed E-state index contributed by atoms with van der Waals surface area (Å²) in [5.41, 5.74) is 0. The molecule has 2 aliphatic heterocycles. The van der Waals surface area contributed by atoms with Crippen molar-refractivity contribution in [1.29, 1.82) is 0 Å². The fourth-order valence-corrected chi connectivity index (χ4v) is 2.14. The van der Waals surface area contributed by atoms with Gasteiger partial charge in [0.2, 0.25) is 5.91 Å². The fraction of sp³-hybridized carbons (Fsp3) is 0.900. The molecule has 2 saturated heterocycles. The van der Waals surface area contributed by atoms with Gasteiger partial charge in [-0.2, -0.15) is 0 Å². The number of likely N-dealkylation sites (tertiary alicyclic amines) is 1.